The molecule has 0 aliphatic carbocycles. The van der Waals surface area contributed by atoms with Gasteiger partial charge in [-0.2, -0.15) is 4.57 Å². The van der Waals surface area contributed by atoms with Gasteiger partial charge in [0, 0.05) is 17.7 Å². The molecule has 0 radical (unpaired) electrons. The second-order valence-corrected chi connectivity index (χ2v) is 8.42. The summed E-state index contributed by atoms with van der Waals surface area (Å²) in [5.41, 5.74) is 6.74. The fraction of sp³-hybridized carbons (Fsp3) is 0.409. The average Bonchev–Trinajstić information content (AvgIpc) is 2.45. The summed E-state index contributed by atoms with van der Waals surface area (Å²) in [5.74, 6) is 0. The highest BCUT2D eigenvalue weighted by Crippen LogP contribution is 2.31. The molecular weight excluding hydrogens is 278 g/mol. The molecule has 0 aliphatic rings. The molecule has 0 bridgehead atoms. The molecule has 0 spiro atoms. The predicted octanol–water partition coefficient (Wildman–Crippen LogP) is 5.65. The van der Waals surface area contributed by atoms with E-state index in [1.54, 1.807) is 0 Å². The molecule has 0 aliphatic heterocycles. The lowest BCUT2D eigenvalue weighted by atomic mass is 9.83. The minimum Gasteiger partial charge on any atom is -0.167 e. The lowest BCUT2D eigenvalue weighted by molar-refractivity contribution is -0.556. The molecular formula is C22H30N+. The molecule has 1 aromatic carbocycles. The Balaban J connectivity index is 2.72. The Hall–Kier alpha value is -1.89. The standard InChI is InChI=1S/C22H30N/c1-9-23-13-12-18(22(6,7)8)15-20(23)19-14-17(21(3,4)5)11-10-16(19)2/h9-15H,1H2,2-8H3/q+1. The van der Waals surface area contributed by atoms with E-state index in [0.717, 1.165) is 0 Å². The normalized spacial score (nSPS) is 12.3. The van der Waals surface area contributed by atoms with Gasteiger partial charge in [-0.15, -0.1) is 0 Å². The Morgan fingerprint density at radius 3 is 1.96 bits per heavy atom. The minimum atomic E-state index is 0.130. The van der Waals surface area contributed by atoms with Crippen LogP contribution in [0.4, 0.5) is 0 Å². The molecule has 0 saturated carbocycles. The van der Waals surface area contributed by atoms with Crippen molar-refractivity contribution in [3.8, 4) is 11.3 Å². The maximum atomic E-state index is 3.97. The van der Waals surface area contributed by atoms with Crippen molar-refractivity contribution in [3.63, 3.8) is 0 Å². The van der Waals surface area contributed by atoms with Gasteiger partial charge >= 0.3 is 0 Å². The van der Waals surface area contributed by atoms with E-state index in [1.165, 1.54) is 27.9 Å². The topological polar surface area (TPSA) is 3.88 Å². The highest BCUT2D eigenvalue weighted by molar-refractivity contribution is 5.64. The van der Waals surface area contributed by atoms with Crippen LogP contribution >= 0.6 is 0 Å². The number of rotatable bonds is 2. The van der Waals surface area contributed by atoms with Crippen molar-refractivity contribution in [2.24, 2.45) is 0 Å². The minimum absolute atomic E-state index is 0.130. The van der Waals surface area contributed by atoms with Crippen molar-refractivity contribution in [3.05, 3.63) is 59.8 Å². The zero-order valence-electron chi connectivity index (χ0n) is 15.7. The first kappa shape index (κ1) is 17.5. The van der Waals surface area contributed by atoms with Crippen LogP contribution in [0.1, 0.15) is 58.2 Å². The van der Waals surface area contributed by atoms with Crippen LogP contribution in [0.3, 0.4) is 0 Å². The lowest BCUT2D eigenvalue weighted by Gasteiger charge is -2.21. The monoisotopic (exact) mass is 308 g/mol. The molecule has 2 aromatic rings. The third-order valence-corrected chi connectivity index (χ3v) is 4.43. The fourth-order valence-electron chi connectivity index (χ4n) is 2.72. The van der Waals surface area contributed by atoms with Gasteiger partial charge in [0.05, 0.1) is 0 Å². The third kappa shape index (κ3) is 3.72. The number of nitrogens with zero attached hydrogens (tertiary/aromatic N) is 1. The fourth-order valence-corrected chi connectivity index (χ4v) is 2.72. The van der Waals surface area contributed by atoms with Crippen molar-refractivity contribution < 1.29 is 4.57 Å². The van der Waals surface area contributed by atoms with E-state index in [1.807, 2.05) is 6.20 Å². The summed E-state index contributed by atoms with van der Waals surface area (Å²) < 4.78 is 2.12. The summed E-state index contributed by atoms with van der Waals surface area (Å²) in [4.78, 5) is 0. The van der Waals surface area contributed by atoms with Crippen molar-refractivity contribution in [1.82, 2.24) is 0 Å². The number of hydrogen-bond donors (Lipinski definition) is 0. The van der Waals surface area contributed by atoms with Crippen LogP contribution < -0.4 is 4.57 Å². The summed E-state index contributed by atoms with van der Waals surface area (Å²) >= 11 is 0. The molecule has 0 saturated heterocycles. The summed E-state index contributed by atoms with van der Waals surface area (Å²) in [5, 5.41) is 0. The molecule has 1 heteroatoms. The second-order valence-electron chi connectivity index (χ2n) is 8.42. The Morgan fingerprint density at radius 1 is 0.870 bits per heavy atom. The Kier molecular flexibility index (Phi) is 4.52. The largest absolute Gasteiger partial charge is 0.218 e. The summed E-state index contributed by atoms with van der Waals surface area (Å²) in [6.45, 7) is 19.7. The van der Waals surface area contributed by atoms with E-state index < -0.39 is 0 Å². The van der Waals surface area contributed by atoms with Gasteiger partial charge in [0.25, 0.3) is 0 Å². The van der Waals surface area contributed by atoms with Gasteiger partial charge in [-0.3, -0.25) is 0 Å². The summed E-state index contributed by atoms with van der Waals surface area (Å²) in [6.07, 6.45) is 4.00. The Labute approximate surface area is 141 Å². The Morgan fingerprint density at radius 2 is 1.43 bits per heavy atom. The van der Waals surface area contributed by atoms with Crippen LogP contribution in [0.25, 0.3) is 17.5 Å². The van der Waals surface area contributed by atoms with Crippen LogP contribution in [0, 0.1) is 6.92 Å². The second kappa shape index (κ2) is 5.96. The molecule has 23 heavy (non-hydrogen) atoms. The number of aryl methyl sites for hydroxylation is 1. The van der Waals surface area contributed by atoms with E-state index in [-0.39, 0.29) is 10.8 Å². The maximum absolute atomic E-state index is 3.97. The van der Waals surface area contributed by atoms with Crippen molar-refractivity contribution in [1.29, 1.82) is 0 Å². The zero-order chi connectivity index (χ0) is 17.4. The van der Waals surface area contributed by atoms with E-state index in [4.69, 9.17) is 0 Å². The maximum Gasteiger partial charge on any atom is 0.218 e. The van der Waals surface area contributed by atoms with Crippen LogP contribution in [0.5, 0.6) is 0 Å². The third-order valence-electron chi connectivity index (χ3n) is 4.43. The molecule has 122 valence electrons. The SMILES string of the molecule is C=C[n+]1ccc(C(C)(C)C)cc1-c1cc(C(C)(C)C)ccc1C. The van der Waals surface area contributed by atoms with Crippen LogP contribution in [-0.4, -0.2) is 0 Å². The number of aromatic nitrogens is 1. The molecule has 0 N–H and O–H groups in total. The van der Waals surface area contributed by atoms with Gasteiger partial charge in [0.2, 0.25) is 5.69 Å². The molecule has 0 fully saturated rings. The highest BCUT2D eigenvalue weighted by Gasteiger charge is 2.22. The first-order valence-corrected chi connectivity index (χ1v) is 8.34. The molecule has 2 rings (SSSR count). The van der Waals surface area contributed by atoms with Gasteiger partial charge in [0.15, 0.2) is 12.4 Å². The van der Waals surface area contributed by atoms with Crippen molar-refractivity contribution in [2.45, 2.75) is 59.3 Å². The van der Waals surface area contributed by atoms with Gasteiger partial charge in [0.1, 0.15) is 0 Å². The van der Waals surface area contributed by atoms with Gasteiger partial charge < -0.3 is 0 Å². The number of hydrogen-bond acceptors (Lipinski definition) is 0. The first-order valence-electron chi connectivity index (χ1n) is 8.34. The molecule has 1 heterocycles. The molecule has 0 unspecified atom stereocenters. The lowest BCUT2D eigenvalue weighted by Crippen LogP contribution is -2.30. The van der Waals surface area contributed by atoms with Gasteiger partial charge in [-0.25, -0.2) is 0 Å². The molecule has 0 atom stereocenters. The predicted molar refractivity (Wildman–Crippen MR) is 101 cm³/mol. The van der Waals surface area contributed by atoms with Crippen LogP contribution in [0.15, 0.2) is 43.1 Å². The van der Waals surface area contributed by atoms with E-state index in [0.29, 0.717) is 0 Å². The van der Waals surface area contributed by atoms with Crippen LogP contribution in [-0.2, 0) is 10.8 Å². The Bertz CT molecular complexity index is 725. The summed E-state index contributed by atoms with van der Waals surface area (Å²) in [7, 11) is 0. The molecule has 1 nitrogen and oxygen atoms in total. The van der Waals surface area contributed by atoms with Gasteiger partial charge in [-0.1, -0.05) is 53.7 Å². The highest BCUT2D eigenvalue weighted by atomic mass is 14.9. The zero-order valence-corrected chi connectivity index (χ0v) is 15.7. The van der Waals surface area contributed by atoms with E-state index in [2.05, 4.69) is 96.1 Å². The summed E-state index contributed by atoms with van der Waals surface area (Å²) in [6, 6.07) is 11.3. The average molecular weight is 308 g/mol. The van der Waals surface area contributed by atoms with E-state index in [9.17, 15) is 0 Å². The van der Waals surface area contributed by atoms with Crippen molar-refractivity contribution in [2.75, 3.05) is 0 Å². The van der Waals surface area contributed by atoms with Crippen LogP contribution in [0.2, 0.25) is 0 Å². The first-order chi connectivity index (χ1) is 10.5. The smallest absolute Gasteiger partial charge is 0.167 e. The van der Waals surface area contributed by atoms with Crippen molar-refractivity contribution >= 4 is 6.20 Å². The quantitative estimate of drug-likeness (QED) is 0.632. The molecule has 1 aromatic heterocycles. The number of benzene rings is 1. The van der Waals surface area contributed by atoms with Gasteiger partial charge in [-0.05, 0) is 47.1 Å². The van der Waals surface area contributed by atoms with E-state index >= 15 is 0 Å². The number of pyridine rings is 1. The molecule has 0 amide bonds.